The van der Waals surface area contributed by atoms with Crippen molar-refractivity contribution < 1.29 is 9.59 Å². The Labute approximate surface area is 72.5 Å². The zero-order chi connectivity index (χ0) is 8.81. The van der Waals surface area contributed by atoms with Gasteiger partial charge in [0.15, 0.2) is 0 Å². The molecule has 0 radical (unpaired) electrons. The van der Waals surface area contributed by atoms with E-state index >= 15 is 0 Å². The van der Waals surface area contributed by atoms with E-state index in [9.17, 15) is 9.59 Å². The van der Waals surface area contributed by atoms with Crippen LogP contribution in [-0.2, 0) is 9.59 Å². The minimum atomic E-state index is -0.392. The lowest BCUT2D eigenvalue weighted by atomic mass is 10.1. The van der Waals surface area contributed by atoms with Crippen LogP contribution >= 0.6 is 0 Å². The molecule has 3 heteroatoms. The average molecular weight is 169 g/mol. The number of hydrogen-bond donors (Lipinski definition) is 1. The number of hydrogen-bond acceptors (Lipinski definition) is 2. The van der Waals surface area contributed by atoms with E-state index in [-0.39, 0.29) is 5.78 Å². The van der Waals surface area contributed by atoms with Gasteiger partial charge in [0.2, 0.25) is 5.78 Å². The minimum absolute atomic E-state index is 0.253. The third-order valence-corrected chi connectivity index (χ3v) is 2.12. The van der Waals surface area contributed by atoms with E-state index in [2.05, 4.69) is 5.32 Å². The van der Waals surface area contributed by atoms with Gasteiger partial charge in [0.25, 0.3) is 5.91 Å². The first-order valence-corrected chi connectivity index (χ1v) is 4.62. The lowest BCUT2D eigenvalue weighted by molar-refractivity contribution is -0.138. The van der Waals surface area contributed by atoms with Gasteiger partial charge in [-0.3, -0.25) is 9.59 Å². The summed E-state index contributed by atoms with van der Waals surface area (Å²) in [4.78, 5) is 22.0. The molecule has 0 unspecified atom stereocenters. The molecular formula is C9H15NO2. The van der Waals surface area contributed by atoms with Crippen LogP contribution in [0, 0.1) is 0 Å². The molecule has 1 aliphatic rings. The van der Waals surface area contributed by atoms with E-state index in [1.165, 1.54) is 6.42 Å². The van der Waals surface area contributed by atoms with Crippen molar-refractivity contribution in [3.8, 4) is 0 Å². The Kier molecular flexibility index (Phi) is 3.77. The van der Waals surface area contributed by atoms with Crippen LogP contribution in [0.2, 0.25) is 0 Å². The first-order valence-electron chi connectivity index (χ1n) is 4.62. The average Bonchev–Trinajstić information content (AvgIpc) is 2.08. The second-order valence-corrected chi connectivity index (χ2v) is 3.20. The molecule has 1 N–H and O–H groups in total. The van der Waals surface area contributed by atoms with E-state index in [0.29, 0.717) is 13.0 Å². The van der Waals surface area contributed by atoms with Gasteiger partial charge in [-0.25, -0.2) is 0 Å². The highest BCUT2D eigenvalue weighted by molar-refractivity contribution is 6.36. The number of nitrogens with one attached hydrogen (secondary N) is 1. The molecular weight excluding hydrogens is 154 g/mol. The van der Waals surface area contributed by atoms with Crippen LogP contribution in [0.3, 0.4) is 0 Å². The molecule has 12 heavy (non-hydrogen) atoms. The number of carbonyl (C=O) groups excluding carboxylic acids is 2. The fourth-order valence-corrected chi connectivity index (χ4v) is 1.35. The Hall–Kier alpha value is -0.860. The molecule has 0 aromatic rings. The fraction of sp³-hybridized carbons (Fsp3) is 0.778. The van der Waals surface area contributed by atoms with Gasteiger partial charge >= 0.3 is 0 Å². The van der Waals surface area contributed by atoms with Crippen LogP contribution in [-0.4, -0.2) is 18.2 Å². The van der Waals surface area contributed by atoms with Gasteiger partial charge in [-0.05, 0) is 12.8 Å². The van der Waals surface area contributed by atoms with Crippen LogP contribution in [0.15, 0.2) is 0 Å². The molecule has 0 aromatic heterocycles. The Morgan fingerprint density at radius 1 is 0.917 bits per heavy atom. The van der Waals surface area contributed by atoms with Crippen molar-refractivity contribution in [3.63, 3.8) is 0 Å². The SMILES string of the molecule is O=C1CCCCCCCNC1=O. The zero-order valence-corrected chi connectivity index (χ0v) is 7.27. The second-order valence-electron chi connectivity index (χ2n) is 3.20. The molecule has 0 aliphatic carbocycles. The molecule has 1 heterocycles. The Bertz CT molecular complexity index is 157. The van der Waals surface area contributed by atoms with Crippen LogP contribution < -0.4 is 5.32 Å². The largest absolute Gasteiger partial charge is 0.350 e. The number of Topliss-reactive ketones (excluding diaryl/α,β-unsaturated/α-hetero) is 1. The number of carbonyl (C=O) groups is 2. The molecule has 1 aliphatic heterocycles. The maximum atomic E-state index is 11.0. The number of amides is 1. The molecule has 0 atom stereocenters. The lowest BCUT2D eigenvalue weighted by Gasteiger charge is -2.07. The van der Waals surface area contributed by atoms with Gasteiger partial charge in [-0.1, -0.05) is 19.3 Å². The van der Waals surface area contributed by atoms with E-state index in [1.54, 1.807) is 0 Å². The summed E-state index contributed by atoms with van der Waals surface area (Å²) >= 11 is 0. The van der Waals surface area contributed by atoms with Gasteiger partial charge in [0.05, 0.1) is 0 Å². The van der Waals surface area contributed by atoms with E-state index < -0.39 is 5.91 Å². The summed E-state index contributed by atoms with van der Waals surface area (Å²) in [6, 6.07) is 0. The standard InChI is InChI=1S/C9H15NO2/c11-8-6-4-2-1-3-5-7-10-9(8)12/h1-7H2,(H,10,12). The molecule has 3 nitrogen and oxygen atoms in total. The van der Waals surface area contributed by atoms with Crippen molar-refractivity contribution in [2.45, 2.75) is 38.5 Å². The predicted molar refractivity (Wildman–Crippen MR) is 45.7 cm³/mol. The summed E-state index contributed by atoms with van der Waals surface area (Å²) in [6.07, 6.45) is 5.72. The number of rotatable bonds is 0. The summed E-state index contributed by atoms with van der Waals surface area (Å²) in [5.74, 6) is -0.645. The van der Waals surface area contributed by atoms with Crippen LogP contribution in [0.25, 0.3) is 0 Å². The first kappa shape index (κ1) is 9.23. The molecule has 0 saturated carbocycles. The Morgan fingerprint density at radius 2 is 1.58 bits per heavy atom. The first-order chi connectivity index (χ1) is 5.80. The van der Waals surface area contributed by atoms with Crippen molar-refractivity contribution in [2.24, 2.45) is 0 Å². The second kappa shape index (κ2) is 4.91. The molecule has 0 aromatic carbocycles. The zero-order valence-electron chi connectivity index (χ0n) is 7.27. The monoisotopic (exact) mass is 169 g/mol. The normalized spacial score (nSPS) is 21.7. The summed E-state index contributed by atoms with van der Waals surface area (Å²) < 4.78 is 0. The fourth-order valence-electron chi connectivity index (χ4n) is 1.35. The molecule has 1 rings (SSSR count). The molecule has 1 fully saturated rings. The highest BCUT2D eigenvalue weighted by Gasteiger charge is 2.12. The summed E-state index contributed by atoms with van der Waals surface area (Å²) in [7, 11) is 0. The van der Waals surface area contributed by atoms with Crippen molar-refractivity contribution >= 4 is 11.7 Å². The van der Waals surface area contributed by atoms with Crippen molar-refractivity contribution in [3.05, 3.63) is 0 Å². The van der Waals surface area contributed by atoms with Crippen molar-refractivity contribution in [2.75, 3.05) is 6.54 Å². The molecule has 68 valence electrons. The molecule has 0 spiro atoms. The van der Waals surface area contributed by atoms with Crippen LogP contribution in [0.4, 0.5) is 0 Å². The maximum Gasteiger partial charge on any atom is 0.287 e. The molecule has 1 saturated heterocycles. The topological polar surface area (TPSA) is 46.2 Å². The third kappa shape index (κ3) is 3.03. The highest BCUT2D eigenvalue weighted by atomic mass is 16.2. The van der Waals surface area contributed by atoms with E-state index in [4.69, 9.17) is 0 Å². The smallest absolute Gasteiger partial charge is 0.287 e. The highest BCUT2D eigenvalue weighted by Crippen LogP contribution is 2.06. The third-order valence-electron chi connectivity index (χ3n) is 2.12. The summed E-state index contributed by atoms with van der Waals surface area (Å²) in [6.45, 7) is 0.657. The Morgan fingerprint density at radius 3 is 2.42 bits per heavy atom. The van der Waals surface area contributed by atoms with Gasteiger partial charge in [-0.15, -0.1) is 0 Å². The maximum absolute atomic E-state index is 11.0. The van der Waals surface area contributed by atoms with Gasteiger partial charge in [0.1, 0.15) is 0 Å². The van der Waals surface area contributed by atoms with Gasteiger partial charge in [-0.2, -0.15) is 0 Å². The van der Waals surface area contributed by atoms with Gasteiger partial charge in [0, 0.05) is 13.0 Å². The molecule has 1 amide bonds. The van der Waals surface area contributed by atoms with Crippen LogP contribution in [0.1, 0.15) is 38.5 Å². The summed E-state index contributed by atoms with van der Waals surface area (Å²) in [5.41, 5.74) is 0. The Balaban J connectivity index is 2.36. The van der Waals surface area contributed by atoms with Gasteiger partial charge < -0.3 is 5.32 Å². The summed E-state index contributed by atoms with van der Waals surface area (Å²) in [5, 5.41) is 2.61. The van der Waals surface area contributed by atoms with Crippen molar-refractivity contribution in [1.82, 2.24) is 5.32 Å². The predicted octanol–water partition coefficient (Wildman–Crippen LogP) is 1.03. The van der Waals surface area contributed by atoms with Crippen LogP contribution in [0.5, 0.6) is 0 Å². The van der Waals surface area contributed by atoms with E-state index in [1.807, 2.05) is 0 Å². The lowest BCUT2D eigenvalue weighted by Crippen LogP contribution is -2.31. The van der Waals surface area contributed by atoms with E-state index in [0.717, 1.165) is 25.7 Å². The minimum Gasteiger partial charge on any atom is -0.350 e. The molecule has 0 bridgehead atoms. The van der Waals surface area contributed by atoms with Crippen molar-refractivity contribution in [1.29, 1.82) is 0 Å². The quantitative estimate of drug-likeness (QED) is 0.550. The number of ketones is 1.